The number of halogens is 3. The maximum atomic E-state index is 13.7. The first-order valence-electron chi connectivity index (χ1n) is 8.93. The minimum atomic E-state index is -2.75. The van der Waals surface area contributed by atoms with E-state index in [9.17, 15) is 13.6 Å². The van der Waals surface area contributed by atoms with Crippen LogP contribution in [0.4, 0.5) is 20.3 Å². The van der Waals surface area contributed by atoms with Crippen molar-refractivity contribution in [3.8, 4) is 0 Å². The lowest BCUT2D eigenvalue weighted by molar-refractivity contribution is -0.00921. The van der Waals surface area contributed by atoms with E-state index in [1.807, 2.05) is 25.1 Å². The third kappa shape index (κ3) is 5.63. The lowest BCUT2D eigenvalue weighted by Crippen LogP contribution is -2.32. The number of alkyl halides is 2. The minimum absolute atomic E-state index is 0.0943. The first-order valence-corrected chi connectivity index (χ1v) is 9.31. The van der Waals surface area contributed by atoms with Crippen molar-refractivity contribution in [3.05, 3.63) is 52.7 Å². The van der Waals surface area contributed by atoms with Gasteiger partial charge in [0.1, 0.15) is 5.82 Å². The Kier molecular flexibility index (Phi) is 7.13. The van der Waals surface area contributed by atoms with Crippen molar-refractivity contribution < 1.29 is 13.6 Å². The van der Waals surface area contributed by atoms with E-state index < -0.39 is 5.92 Å². The van der Waals surface area contributed by atoms with Crippen LogP contribution < -0.4 is 10.2 Å². The number of anilines is 2. The van der Waals surface area contributed by atoms with E-state index in [-0.39, 0.29) is 30.9 Å². The van der Waals surface area contributed by atoms with Gasteiger partial charge in [-0.2, -0.15) is 0 Å². The number of amides is 1. The first-order chi connectivity index (χ1) is 12.8. The highest BCUT2D eigenvalue weighted by atomic mass is 35.5. The Morgan fingerprint density at radius 1 is 1.26 bits per heavy atom. The van der Waals surface area contributed by atoms with Crippen molar-refractivity contribution >= 4 is 29.0 Å². The van der Waals surface area contributed by atoms with Gasteiger partial charge in [-0.3, -0.25) is 4.79 Å². The molecule has 0 saturated carbocycles. The van der Waals surface area contributed by atoms with Crippen molar-refractivity contribution in [3.63, 3.8) is 0 Å². The zero-order valence-electron chi connectivity index (χ0n) is 15.7. The molecule has 1 aromatic carbocycles. The summed E-state index contributed by atoms with van der Waals surface area (Å²) in [4.78, 5) is 18.9. The van der Waals surface area contributed by atoms with Gasteiger partial charge in [-0.1, -0.05) is 36.7 Å². The van der Waals surface area contributed by atoms with Gasteiger partial charge in [-0.15, -0.1) is 0 Å². The van der Waals surface area contributed by atoms with E-state index >= 15 is 0 Å². The molecule has 0 aliphatic rings. The maximum absolute atomic E-state index is 13.7. The second-order valence-corrected chi connectivity index (χ2v) is 6.69. The number of benzene rings is 1. The number of carbonyl (C=O) groups excluding carboxylic acids is 1. The quantitative estimate of drug-likeness (QED) is 0.636. The average Bonchev–Trinajstić information content (AvgIpc) is 2.65. The topological polar surface area (TPSA) is 45.2 Å². The Bertz CT molecular complexity index is 784. The predicted molar refractivity (Wildman–Crippen MR) is 106 cm³/mol. The van der Waals surface area contributed by atoms with Gasteiger partial charge in [0, 0.05) is 31.6 Å². The Morgan fingerprint density at radius 3 is 2.52 bits per heavy atom. The Morgan fingerprint density at radius 2 is 1.93 bits per heavy atom. The lowest BCUT2D eigenvalue weighted by atomic mass is 10.1. The molecule has 1 aromatic heterocycles. The molecule has 0 unspecified atom stereocenters. The first kappa shape index (κ1) is 21.1. The molecular formula is C20H24ClF2N3O. The second kappa shape index (κ2) is 9.13. The fourth-order valence-corrected chi connectivity index (χ4v) is 2.74. The summed E-state index contributed by atoms with van der Waals surface area (Å²) in [6.45, 7) is 5.56. The zero-order chi connectivity index (χ0) is 20.0. The van der Waals surface area contributed by atoms with Crippen LogP contribution in [0, 0.1) is 6.92 Å². The number of aryl methyl sites for hydroxylation is 1. The summed E-state index contributed by atoms with van der Waals surface area (Å²) < 4.78 is 27.4. The highest BCUT2D eigenvalue weighted by Gasteiger charge is 2.28. The van der Waals surface area contributed by atoms with Crippen LogP contribution in [0.25, 0.3) is 0 Å². The SMILES string of the molecule is CCN(CCC(F)(F)CC)c1nc(C)c(Cl)cc1C(=O)Nc1ccccc1. The van der Waals surface area contributed by atoms with Crippen LogP contribution in [0.2, 0.25) is 5.02 Å². The molecule has 7 heteroatoms. The maximum Gasteiger partial charge on any atom is 0.259 e. The molecular weight excluding hydrogens is 372 g/mol. The van der Waals surface area contributed by atoms with Crippen molar-refractivity contribution in [1.29, 1.82) is 0 Å². The van der Waals surface area contributed by atoms with Gasteiger partial charge in [-0.25, -0.2) is 13.8 Å². The van der Waals surface area contributed by atoms with Crippen LogP contribution in [0.15, 0.2) is 36.4 Å². The number of nitrogens with zero attached hydrogens (tertiary/aromatic N) is 2. The summed E-state index contributed by atoms with van der Waals surface area (Å²) in [5.74, 6) is -2.77. The number of hydrogen-bond acceptors (Lipinski definition) is 3. The van der Waals surface area contributed by atoms with Gasteiger partial charge in [0.05, 0.1) is 16.3 Å². The molecule has 1 amide bonds. The van der Waals surface area contributed by atoms with E-state index in [0.717, 1.165) is 0 Å². The van der Waals surface area contributed by atoms with Crippen molar-refractivity contribution in [2.24, 2.45) is 0 Å². The third-order valence-electron chi connectivity index (χ3n) is 4.35. The molecule has 0 radical (unpaired) electrons. The molecule has 27 heavy (non-hydrogen) atoms. The van der Waals surface area contributed by atoms with E-state index in [1.54, 1.807) is 24.0 Å². The van der Waals surface area contributed by atoms with Gasteiger partial charge in [0.25, 0.3) is 5.91 Å². The monoisotopic (exact) mass is 395 g/mol. The number of rotatable bonds is 8. The molecule has 0 bridgehead atoms. The smallest absolute Gasteiger partial charge is 0.259 e. The number of para-hydroxylation sites is 1. The molecule has 1 N–H and O–H groups in total. The fourth-order valence-electron chi connectivity index (χ4n) is 2.59. The van der Waals surface area contributed by atoms with Crippen LogP contribution >= 0.6 is 11.6 Å². The van der Waals surface area contributed by atoms with Gasteiger partial charge in [0.2, 0.25) is 5.92 Å². The number of carbonyl (C=O) groups is 1. The molecule has 0 aliphatic heterocycles. The molecule has 0 aliphatic carbocycles. The number of aromatic nitrogens is 1. The minimum Gasteiger partial charge on any atom is -0.356 e. The molecule has 2 aromatic rings. The number of nitrogens with one attached hydrogen (secondary N) is 1. The summed E-state index contributed by atoms with van der Waals surface area (Å²) in [5.41, 5.74) is 1.44. The Balaban J connectivity index is 2.33. The Labute approximate surface area is 163 Å². The molecule has 0 atom stereocenters. The van der Waals surface area contributed by atoms with Gasteiger partial charge in [-0.05, 0) is 32.0 Å². The van der Waals surface area contributed by atoms with E-state index in [2.05, 4.69) is 10.3 Å². The fraction of sp³-hybridized carbons (Fsp3) is 0.400. The summed E-state index contributed by atoms with van der Waals surface area (Å²) in [6, 6.07) is 10.5. The standard InChI is InChI=1S/C20H24ClF2N3O/c1-4-20(22,23)11-12-26(5-2)18-16(13-17(21)14(3)24-18)19(27)25-15-9-7-6-8-10-15/h6-10,13H,4-5,11-12H2,1-3H3,(H,25,27). The van der Waals surface area contributed by atoms with Gasteiger partial charge in [0.15, 0.2) is 0 Å². The highest BCUT2D eigenvalue weighted by Crippen LogP contribution is 2.28. The summed E-state index contributed by atoms with van der Waals surface area (Å²) in [6.07, 6.45) is -0.528. The molecule has 1 heterocycles. The van der Waals surface area contributed by atoms with E-state index in [1.165, 1.54) is 13.0 Å². The van der Waals surface area contributed by atoms with Crippen molar-refractivity contribution in [2.45, 2.75) is 39.5 Å². The largest absolute Gasteiger partial charge is 0.356 e. The van der Waals surface area contributed by atoms with Crippen LogP contribution in [0.3, 0.4) is 0 Å². The van der Waals surface area contributed by atoms with E-state index in [4.69, 9.17) is 11.6 Å². The van der Waals surface area contributed by atoms with Crippen LogP contribution in [-0.4, -0.2) is 29.9 Å². The molecule has 0 saturated heterocycles. The highest BCUT2D eigenvalue weighted by molar-refractivity contribution is 6.31. The van der Waals surface area contributed by atoms with Gasteiger partial charge >= 0.3 is 0 Å². The van der Waals surface area contributed by atoms with Crippen molar-refractivity contribution in [1.82, 2.24) is 4.98 Å². The third-order valence-corrected chi connectivity index (χ3v) is 4.74. The number of hydrogen-bond donors (Lipinski definition) is 1. The van der Waals surface area contributed by atoms with Crippen LogP contribution in [0.5, 0.6) is 0 Å². The lowest BCUT2D eigenvalue weighted by Gasteiger charge is -2.26. The normalized spacial score (nSPS) is 11.3. The second-order valence-electron chi connectivity index (χ2n) is 6.29. The zero-order valence-corrected chi connectivity index (χ0v) is 16.5. The molecule has 0 fully saturated rings. The molecule has 4 nitrogen and oxygen atoms in total. The molecule has 146 valence electrons. The Hall–Kier alpha value is -2.21. The van der Waals surface area contributed by atoms with Gasteiger partial charge < -0.3 is 10.2 Å². The predicted octanol–water partition coefficient (Wildman–Crippen LogP) is 5.56. The summed E-state index contributed by atoms with van der Waals surface area (Å²) >= 11 is 6.17. The summed E-state index contributed by atoms with van der Waals surface area (Å²) in [5, 5.41) is 3.15. The number of pyridine rings is 1. The van der Waals surface area contributed by atoms with Crippen LogP contribution in [-0.2, 0) is 0 Å². The van der Waals surface area contributed by atoms with Crippen molar-refractivity contribution in [2.75, 3.05) is 23.3 Å². The summed E-state index contributed by atoms with van der Waals surface area (Å²) in [7, 11) is 0. The van der Waals surface area contributed by atoms with E-state index in [0.29, 0.717) is 28.8 Å². The molecule has 0 spiro atoms. The molecule has 2 rings (SSSR count). The van der Waals surface area contributed by atoms with Crippen LogP contribution in [0.1, 0.15) is 42.7 Å². The average molecular weight is 396 g/mol.